The Morgan fingerprint density at radius 2 is 1.82 bits per heavy atom. The highest BCUT2D eigenvalue weighted by Crippen LogP contribution is 2.29. The molecule has 0 heterocycles. The van der Waals surface area contributed by atoms with Crippen LogP contribution in [0.5, 0.6) is 0 Å². The molecule has 0 fully saturated rings. The number of nitrogens with zero attached hydrogens (tertiary/aromatic N) is 2. The summed E-state index contributed by atoms with van der Waals surface area (Å²) in [4.78, 5) is 34.5. The van der Waals surface area contributed by atoms with Crippen LogP contribution < -0.4 is 5.32 Å². The lowest BCUT2D eigenvalue weighted by Crippen LogP contribution is -2.15. The number of anilines is 1. The quantitative estimate of drug-likeness (QED) is 0.497. The largest absolute Gasteiger partial charge is 0.506 e. The molecule has 0 aliphatic heterocycles. The summed E-state index contributed by atoms with van der Waals surface area (Å²) in [5.41, 5.74) is 1.73. The van der Waals surface area contributed by atoms with Crippen molar-refractivity contribution in [1.29, 1.82) is 10.5 Å². The summed E-state index contributed by atoms with van der Waals surface area (Å²) in [7, 11) is 0. The molecule has 1 aliphatic carbocycles. The zero-order valence-electron chi connectivity index (χ0n) is 17.3. The molecular formula is C23H17Br2N3O5. The van der Waals surface area contributed by atoms with Crippen molar-refractivity contribution in [2.24, 2.45) is 0 Å². The molecule has 0 saturated carbocycles. The first-order valence-electron chi connectivity index (χ1n) is 9.50. The van der Waals surface area contributed by atoms with Crippen molar-refractivity contribution in [2.45, 2.75) is 19.8 Å². The number of rotatable bonds is 4. The monoisotopic (exact) mass is 573 g/mol. The lowest BCUT2D eigenvalue weighted by atomic mass is 9.90. The summed E-state index contributed by atoms with van der Waals surface area (Å²) in [5.74, 6) is -1.54. The van der Waals surface area contributed by atoms with Crippen LogP contribution in [-0.4, -0.2) is 29.4 Å². The highest BCUT2D eigenvalue weighted by atomic mass is 79.9. The van der Waals surface area contributed by atoms with E-state index in [1.807, 2.05) is 0 Å². The van der Waals surface area contributed by atoms with E-state index in [4.69, 9.17) is 15.3 Å². The first kappa shape index (κ1) is 25.8. The van der Waals surface area contributed by atoms with Crippen LogP contribution in [0.25, 0.3) is 5.76 Å². The van der Waals surface area contributed by atoms with Crippen LogP contribution in [0.2, 0.25) is 0 Å². The van der Waals surface area contributed by atoms with E-state index in [-0.39, 0.29) is 42.1 Å². The molecule has 0 bridgehead atoms. The molecule has 0 spiro atoms. The Morgan fingerprint density at radius 3 is 2.45 bits per heavy atom. The SMILES string of the molecule is CCOC(=O)c1cc(Br)ccc1NC(=O)CC#N.N#CC1=C(O)c2cc(Br)ccc2CC1=O. The number of benzene rings is 2. The second-order valence-corrected chi connectivity index (χ2v) is 8.36. The molecule has 2 N–H and O–H groups in total. The van der Waals surface area contributed by atoms with E-state index in [2.05, 4.69) is 37.2 Å². The second kappa shape index (κ2) is 12.0. The molecule has 2 aromatic carbocycles. The van der Waals surface area contributed by atoms with Crippen molar-refractivity contribution >= 4 is 61.0 Å². The number of nitriles is 2. The van der Waals surface area contributed by atoms with E-state index in [1.165, 1.54) is 0 Å². The number of carbonyl (C=O) groups excluding carboxylic acids is 3. The van der Waals surface area contributed by atoms with Crippen molar-refractivity contribution in [3.8, 4) is 12.1 Å². The lowest BCUT2D eigenvalue weighted by molar-refractivity contribution is -0.115. The molecule has 0 unspecified atom stereocenters. The Hall–Kier alpha value is -3.47. The van der Waals surface area contributed by atoms with Gasteiger partial charge in [-0.2, -0.15) is 10.5 Å². The summed E-state index contributed by atoms with van der Waals surface area (Å²) < 4.78 is 6.39. The van der Waals surface area contributed by atoms with Gasteiger partial charge in [0.1, 0.15) is 23.8 Å². The van der Waals surface area contributed by atoms with E-state index in [0.717, 1.165) is 10.0 Å². The number of allylic oxidation sites excluding steroid dienone is 1. The molecule has 10 heteroatoms. The third-order valence-corrected chi connectivity index (χ3v) is 5.28. The van der Waals surface area contributed by atoms with Crippen LogP contribution in [0, 0.1) is 22.7 Å². The van der Waals surface area contributed by atoms with E-state index in [1.54, 1.807) is 55.5 Å². The smallest absolute Gasteiger partial charge is 0.340 e. The van der Waals surface area contributed by atoms with Crippen LogP contribution >= 0.6 is 31.9 Å². The molecule has 1 amide bonds. The molecule has 8 nitrogen and oxygen atoms in total. The molecule has 1 aliphatic rings. The van der Waals surface area contributed by atoms with Gasteiger partial charge < -0.3 is 15.2 Å². The van der Waals surface area contributed by atoms with Gasteiger partial charge in [-0.1, -0.05) is 37.9 Å². The van der Waals surface area contributed by atoms with Gasteiger partial charge in [-0.05, 0) is 42.8 Å². The number of hydrogen-bond donors (Lipinski definition) is 2. The van der Waals surface area contributed by atoms with Gasteiger partial charge >= 0.3 is 5.97 Å². The maximum absolute atomic E-state index is 11.7. The number of hydrogen-bond acceptors (Lipinski definition) is 7. The third-order valence-electron chi connectivity index (χ3n) is 4.30. The van der Waals surface area contributed by atoms with Crippen molar-refractivity contribution in [3.05, 3.63) is 67.6 Å². The summed E-state index contributed by atoms with van der Waals surface area (Å²) in [6.07, 6.45) is -0.0894. The summed E-state index contributed by atoms with van der Waals surface area (Å²) in [6, 6.07) is 13.6. The number of aliphatic hydroxyl groups excluding tert-OH is 1. The molecular weight excluding hydrogens is 558 g/mol. The van der Waals surface area contributed by atoms with Gasteiger partial charge in [0.2, 0.25) is 5.91 Å². The number of carbonyl (C=O) groups is 3. The highest BCUT2D eigenvalue weighted by Gasteiger charge is 2.25. The van der Waals surface area contributed by atoms with E-state index < -0.39 is 11.9 Å². The van der Waals surface area contributed by atoms with Crippen LogP contribution in [0.3, 0.4) is 0 Å². The molecule has 0 atom stereocenters. The maximum Gasteiger partial charge on any atom is 0.340 e. The first-order chi connectivity index (χ1) is 15.7. The van der Waals surface area contributed by atoms with Gasteiger partial charge in [0, 0.05) is 20.9 Å². The zero-order valence-corrected chi connectivity index (χ0v) is 20.5. The fraction of sp³-hybridized carbons (Fsp3) is 0.174. The Balaban J connectivity index is 0.000000237. The van der Waals surface area contributed by atoms with Gasteiger partial charge in [-0.25, -0.2) is 4.79 Å². The molecule has 0 radical (unpaired) electrons. The highest BCUT2D eigenvalue weighted by molar-refractivity contribution is 9.10. The van der Waals surface area contributed by atoms with Crippen molar-refractivity contribution < 1.29 is 24.2 Å². The van der Waals surface area contributed by atoms with E-state index in [9.17, 15) is 19.5 Å². The maximum atomic E-state index is 11.7. The minimum absolute atomic E-state index is 0.152. The van der Waals surface area contributed by atoms with Gasteiger partial charge in [0.25, 0.3) is 0 Å². The number of esters is 1. The number of amides is 1. The lowest BCUT2D eigenvalue weighted by Gasteiger charge is -2.15. The number of nitrogens with one attached hydrogen (secondary N) is 1. The molecule has 2 aromatic rings. The fourth-order valence-corrected chi connectivity index (χ4v) is 3.56. The molecule has 0 saturated heterocycles. The van der Waals surface area contributed by atoms with Crippen LogP contribution in [0.1, 0.15) is 34.8 Å². The van der Waals surface area contributed by atoms with E-state index in [0.29, 0.717) is 15.7 Å². The average Bonchev–Trinajstić information content (AvgIpc) is 2.77. The average molecular weight is 575 g/mol. The Bertz CT molecular complexity index is 1230. The Kier molecular flexibility index (Phi) is 9.34. The molecule has 168 valence electrons. The Morgan fingerprint density at radius 1 is 1.15 bits per heavy atom. The normalized spacial score (nSPS) is 11.8. The van der Waals surface area contributed by atoms with E-state index >= 15 is 0 Å². The van der Waals surface area contributed by atoms with Crippen LogP contribution in [0.4, 0.5) is 5.69 Å². The van der Waals surface area contributed by atoms with Gasteiger partial charge in [-0.3, -0.25) is 9.59 Å². The van der Waals surface area contributed by atoms with Crippen LogP contribution in [0.15, 0.2) is 50.9 Å². The first-order valence-corrected chi connectivity index (χ1v) is 11.1. The number of halogens is 2. The minimum Gasteiger partial charge on any atom is -0.506 e. The predicted molar refractivity (Wildman–Crippen MR) is 127 cm³/mol. The molecule has 3 rings (SSSR count). The fourth-order valence-electron chi connectivity index (χ4n) is 2.84. The summed E-state index contributed by atoms with van der Waals surface area (Å²) in [5, 5.41) is 29.4. The van der Waals surface area contributed by atoms with Crippen molar-refractivity contribution in [2.75, 3.05) is 11.9 Å². The summed E-state index contributed by atoms with van der Waals surface area (Å²) >= 11 is 6.51. The standard InChI is InChI=1S/C12H11BrN2O3.C11H6BrNO2/c1-2-18-12(17)9-7-8(13)3-4-10(9)15-11(16)5-6-14;12-7-2-1-6-3-10(14)9(5-13)11(15)8(6)4-7/h3-4,7H,2,5H2,1H3,(H,15,16);1-2,4,15H,3H2. The molecule has 33 heavy (non-hydrogen) atoms. The van der Waals surface area contributed by atoms with Crippen molar-refractivity contribution in [1.82, 2.24) is 0 Å². The van der Waals surface area contributed by atoms with Gasteiger partial charge in [0.15, 0.2) is 5.78 Å². The summed E-state index contributed by atoms with van der Waals surface area (Å²) in [6.45, 7) is 1.95. The molecule has 0 aromatic heterocycles. The number of ketones is 1. The predicted octanol–water partition coefficient (Wildman–Crippen LogP) is 4.84. The number of fused-ring (bicyclic) bond motifs is 1. The number of ether oxygens (including phenoxy) is 1. The second-order valence-electron chi connectivity index (χ2n) is 6.53. The zero-order chi connectivity index (χ0) is 24.5. The third kappa shape index (κ3) is 6.75. The Labute approximate surface area is 206 Å². The van der Waals surface area contributed by atoms with Crippen molar-refractivity contribution in [3.63, 3.8) is 0 Å². The minimum atomic E-state index is -0.522. The van der Waals surface area contributed by atoms with Gasteiger partial charge in [-0.15, -0.1) is 0 Å². The number of Topliss-reactive ketones (excluding diaryl/α,β-unsaturated/α-hetero) is 1. The topological polar surface area (TPSA) is 140 Å². The number of aliphatic hydroxyl groups is 1. The van der Waals surface area contributed by atoms with Gasteiger partial charge in [0.05, 0.1) is 23.9 Å². The van der Waals surface area contributed by atoms with Crippen LogP contribution in [-0.2, 0) is 20.7 Å².